The van der Waals surface area contributed by atoms with Crippen molar-refractivity contribution in [3.05, 3.63) is 48.2 Å². The molecular weight excluding hydrogens is 442 g/mol. The van der Waals surface area contributed by atoms with Crippen molar-refractivity contribution in [2.45, 2.75) is 24.5 Å². The highest BCUT2D eigenvalue weighted by atomic mass is 32.2. The van der Waals surface area contributed by atoms with Gasteiger partial charge in [-0.15, -0.1) is 11.8 Å². The molecule has 2 saturated heterocycles. The van der Waals surface area contributed by atoms with Gasteiger partial charge in [-0.3, -0.25) is 9.80 Å². The van der Waals surface area contributed by atoms with E-state index in [1.807, 2.05) is 19.1 Å². The van der Waals surface area contributed by atoms with Crippen LogP contribution in [0.1, 0.15) is 12.5 Å². The van der Waals surface area contributed by atoms with Crippen LogP contribution in [0.3, 0.4) is 0 Å². The molecule has 0 radical (unpaired) electrons. The number of thioether (sulfide) groups is 1. The molecule has 2 aromatic rings. The number of benzene rings is 1. The monoisotopic (exact) mass is 471 g/mol. The number of rotatable bonds is 7. The van der Waals surface area contributed by atoms with Gasteiger partial charge in [0.15, 0.2) is 0 Å². The summed E-state index contributed by atoms with van der Waals surface area (Å²) in [5, 5.41) is 3.06. The molecule has 2 aliphatic rings. The van der Waals surface area contributed by atoms with Gasteiger partial charge in [0, 0.05) is 37.6 Å². The number of carbonyl (C=O) groups is 1. The molecule has 1 amide bonds. The van der Waals surface area contributed by atoms with Crippen molar-refractivity contribution >= 4 is 46.6 Å². The Labute approximate surface area is 199 Å². The molecule has 7 nitrogen and oxygen atoms in total. The highest BCUT2D eigenvalue weighted by molar-refractivity contribution is 7.98. The fourth-order valence-electron chi connectivity index (χ4n) is 3.95. The Bertz CT molecular complexity index is 930. The number of nitrogens with zero attached hydrogens (tertiary/aromatic N) is 4. The lowest BCUT2D eigenvalue weighted by Gasteiger charge is -2.35. The Morgan fingerprint density at radius 3 is 2.56 bits per heavy atom. The predicted octanol–water partition coefficient (Wildman–Crippen LogP) is 3.39. The summed E-state index contributed by atoms with van der Waals surface area (Å²) in [7, 11) is 0. The minimum atomic E-state index is -0.340. The number of aromatic nitrogens is 1. The predicted molar refractivity (Wildman–Crippen MR) is 134 cm³/mol. The van der Waals surface area contributed by atoms with Gasteiger partial charge in [0.2, 0.25) is 0 Å². The molecule has 0 bridgehead atoms. The van der Waals surface area contributed by atoms with Crippen molar-refractivity contribution in [3.63, 3.8) is 0 Å². The van der Waals surface area contributed by atoms with Gasteiger partial charge in [-0.05, 0) is 43.0 Å². The van der Waals surface area contributed by atoms with Gasteiger partial charge in [-0.2, -0.15) is 0 Å². The van der Waals surface area contributed by atoms with E-state index in [-0.39, 0.29) is 12.2 Å². The maximum absolute atomic E-state index is 12.2. The smallest absolute Gasteiger partial charge is 0.414 e. The Morgan fingerprint density at radius 2 is 1.94 bits per heavy atom. The number of thiocarbonyl (C=S) groups is 1. The van der Waals surface area contributed by atoms with Crippen LogP contribution in [0.5, 0.6) is 0 Å². The van der Waals surface area contributed by atoms with Crippen LogP contribution in [0.4, 0.5) is 16.3 Å². The number of cyclic esters (lactones) is 1. The maximum atomic E-state index is 12.2. The second-order valence-corrected chi connectivity index (χ2v) is 9.53. The van der Waals surface area contributed by atoms with Crippen LogP contribution >= 0.6 is 24.0 Å². The van der Waals surface area contributed by atoms with Gasteiger partial charge >= 0.3 is 6.09 Å². The van der Waals surface area contributed by atoms with Gasteiger partial charge in [-0.1, -0.05) is 24.4 Å². The van der Waals surface area contributed by atoms with Crippen molar-refractivity contribution in [2.75, 3.05) is 55.3 Å². The second-order valence-electron chi connectivity index (χ2n) is 8.04. The number of hydrogen-bond donors (Lipinski definition) is 1. The number of carbonyl (C=O) groups excluding carboxylic acids is 1. The number of hydrogen-bond acceptors (Lipinski definition) is 7. The van der Waals surface area contributed by atoms with Crippen LogP contribution in [0, 0.1) is 0 Å². The number of ether oxygens (including phenoxy) is 1. The Kier molecular flexibility index (Phi) is 7.49. The molecular formula is C23H29N5O2S2. The average Bonchev–Trinajstić information content (AvgIpc) is 3.19. The maximum Gasteiger partial charge on any atom is 0.414 e. The quantitative estimate of drug-likeness (QED) is 0.487. The second kappa shape index (κ2) is 10.5. The van der Waals surface area contributed by atoms with Crippen molar-refractivity contribution in [2.24, 2.45) is 0 Å². The molecule has 0 spiro atoms. The summed E-state index contributed by atoms with van der Waals surface area (Å²) in [6.07, 6.45) is 3.30. The lowest BCUT2D eigenvalue weighted by atomic mass is 10.2. The van der Waals surface area contributed by atoms with E-state index in [0.717, 1.165) is 44.2 Å². The molecule has 4 rings (SSSR count). The number of piperazine rings is 1. The van der Waals surface area contributed by atoms with E-state index in [9.17, 15) is 4.79 Å². The minimum absolute atomic E-state index is 0.218. The minimum Gasteiger partial charge on any atom is -0.442 e. The molecule has 0 saturated carbocycles. The van der Waals surface area contributed by atoms with E-state index in [0.29, 0.717) is 18.1 Å². The van der Waals surface area contributed by atoms with E-state index < -0.39 is 0 Å². The Balaban J connectivity index is 1.28. The fourth-order valence-corrected chi connectivity index (χ4v) is 4.44. The highest BCUT2D eigenvalue weighted by Gasteiger charge is 2.32. The first-order valence-corrected chi connectivity index (χ1v) is 12.4. The molecule has 1 aromatic carbocycles. The van der Waals surface area contributed by atoms with E-state index in [1.165, 1.54) is 10.5 Å². The van der Waals surface area contributed by atoms with Crippen molar-refractivity contribution < 1.29 is 9.53 Å². The van der Waals surface area contributed by atoms with Gasteiger partial charge in [-0.25, -0.2) is 9.78 Å². The number of anilines is 2. The van der Waals surface area contributed by atoms with Gasteiger partial charge < -0.3 is 15.0 Å². The number of pyridine rings is 1. The molecule has 3 heterocycles. The largest absolute Gasteiger partial charge is 0.442 e. The average molecular weight is 472 g/mol. The van der Waals surface area contributed by atoms with Crippen molar-refractivity contribution in [1.29, 1.82) is 0 Å². The summed E-state index contributed by atoms with van der Waals surface area (Å²) < 4.78 is 5.42. The normalized spacial score (nSPS) is 19.2. The molecule has 1 atom stereocenters. The van der Waals surface area contributed by atoms with Crippen LogP contribution in [0.15, 0.2) is 47.5 Å². The molecule has 1 unspecified atom stereocenters. The van der Waals surface area contributed by atoms with Crippen LogP contribution in [0.2, 0.25) is 0 Å². The first kappa shape index (κ1) is 22.8. The third-order valence-electron chi connectivity index (χ3n) is 5.76. The molecule has 170 valence electrons. The number of nitrogens with one attached hydrogen (secondary N) is 1. The molecule has 2 aliphatic heterocycles. The lowest BCUT2D eigenvalue weighted by molar-refractivity contribution is 0.143. The molecule has 32 heavy (non-hydrogen) atoms. The van der Waals surface area contributed by atoms with E-state index >= 15 is 0 Å². The first-order chi connectivity index (χ1) is 15.5. The van der Waals surface area contributed by atoms with E-state index in [2.05, 4.69) is 50.6 Å². The third-order valence-corrected chi connectivity index (χ3v) is 6.65. The van der Waals surface area contributed by atoms with Crippen LogP contribution in [-0.2, 0) is 11.3 Å². The first-order valence-electron chi connectivity index (χ1n) is 10.8. The summed E-state index contributed by atoms with van der Waals surface area (Å²) in [5.74, 6) is 0.944. The van der Waals surface area contributed by atoms with Gasteiger partial charge in [0.25, 0.3) is 0 Å². The third kappa shape index (κ3) is 5.70. The zero-order chi connectivity index (χ0) is 22.5. The summed E-state index contributed by atoms with van der Waals surface area (Å²) in [6, 6.07) is 12.8. The van der Waals surface area contributed by atoms with Crippen LogP contribution in [-0.4, -0.2) is 72.6 Å². The molecule has 0 aliphatic carbocycles. The van der Waals surface area contributed by atoms with E-state index in [1.54, 1.807) is 22.9 Å². The molecule has 1 N–H and O–H groups in total. The Hall–Kier alpha value is -2.36. The summed E-state index contributed by atoms with van der Waals surface area (Å²) in [5.41, 5.74) is 2.11. The number of amides is 1. The topological polar surface area (TPSA) is 60.9 Å². The summed E-state index contributed by atoms with van der Waals surface area (Å²) >= 11 is 6.79. The zero-order valence-corrected chi connectivity index (χ0v) is 20.1. The highest BCUT2D eigenvalue weighted by Crippen LogP contribution is 2.24. The molecule has 1 aromatic heterocycles. The van der Waals surface area contributed by atoms with Crippen molar-refractivity contribution in [1.82, 2.24) is 15.2 Å². The molecule has 9 heteroatoms. The van der Waals surface area contributed by atoms with Crippen LogP contribution < -0.4 is 15.1 Å². The Morgan fingerprint density at radius 1 is 1.19 bits per heavy atom. The SMILES string of the molecule is CSc1ccc(CN2CCN(c3ccc(N4CC(CNC(C)=S)OC4=O)cn3)CC2)cc1. The van der Waals surface area contributed by atoms with Gasteiger partial charge in [0.1, 0.15) is 11.9 Å². The van der Waals surface area contributed by atoms with E-state index in [4.69, 9.17) is 17.0 Å². The zero-order valence-electron chi connectivity index (χ0n) is 18.5. The lowest BCUT2D eigenvalue weighted by Crippen LogP contribution is -2.46. The molecule has 2 fully saturated rings. The van der Waals surface area contributed by atoms with Gasteiger partial charge in [0.05, 0.1) is 30.0 Å². The summed E-state index contributed by atoms with van der Waals surface area (Å²) in [4.78, 5) is 25.3. The van der Waals surface area contributed by atoms with Crippen LogP contribution in [0.25, 0.3) is 0 Å². The summed E-state index contributed by atoms with van der Waals surface area (Å²) in [6.45, 7) is 7.68. The standard InChI is InChI=1S/C23H29N5O2S2/c1-17(31)24-14-20-16-28(23(29)30-20)19-5-8-22(25-13-19)27-11-9-26(10-12-27)15-18-3-6-21(32-2)7-4-18/h3-8,13,20H,9-12,14-16H2,1-2H3,(H,24,31). The fraction of sp³-hybridized carbons (Fsp3) is 0.435. The van der Waals surface area contributed by atoms with Crippen molar-refractivity contribution in [3.8, 4) is 0 Å².